The van der Waals surface area contributed by atoms with Crippen LogP contribution in [0.4, 0.5) is 4.39 Å². The number of nitrogens with one attached hydrogen (secondary N) is 1. The highest BCUT2D eigenvalue weighted by Gasteiger charge is 2.30. The molecular formula is C27H29FN2O3. The Hall–Kier alpha value is -3.67. The first-order valence-corrected chi connectivity index (χ1v) is 11.0. The van der Waals surface area contributed by atoms with Gasteiger partial charge in [-0.25, -0.2) is 4.39 Å². The number of hydrogen-bond acceptors (Lipinski definition) is 3. The van der Waals surface area contributed by atoms with Gasteiger partial charge < -0.3 is 15.0 Å². The van der Waals surface area contributed by atoms with Crippen LogP contribution in [0, 0.1) is 12.7 Å². The van der Waals surface area contributed by atoms with Gasteiger partial charge in [0.05, 0.1) is 0 Å². The van der Waals surface area contributed by atoms with E-state index in [2.05, 4.69) is 5.32 Å². The van der Waals surface area contributed by atoms with Crippen molar-refractivity contribution < 1.29 is 18.7 Å². The SMILES string of the molecule is CCNC(=O)[C@@H](Cc1ccccc1)N(Cc1cccc(C)c1)C(=O)COc1ccc(F)cc1. The predicted octanol–water partition coefficient (Wildman–Crippen LogP) is 4.29. The second kappa shape index (κ2) is 11.8. The first-order chi connectivity index (χ1) is 16.0. The van der Waals surface area contributed by atoms with Crippen LogP contribution in [0.2, 0.25) is 0 Å². The molecule has 5 nitrogen and oxygen atoms in total. The van der Waals surface area contributed by atoms with E-state index in [4.69, 9.17) is 4.74 Å². The Morgan fingerprint density at radius 2 is 1.67 bits per heavy atom. The molecule has 0 spiro atoms. The van der Waals surface area contributed by atoms with Gasteiger partial charge in [-0.15, -0.1) is 0 Å². The molecule has 1 atom stereocenters. The molecule has 0 bridgehead atoms. The summed E-state index contributed by atoms with van der Waals surface area (Å²) in [6.45, 7) is 4.30. The lowest BCUT2D eigenvalue weighted by Crippen LogP contribution is -2.51. The van der Waals surface area contributed by atoms with Gasteiger partial charge in [0.2, 0.25) is 5.91 Å². The Bertz CT molecular complexity index is 1050. The van der Waals surface area contributed by atoms with Gasteiger partial charge in [-0.1, -0.05) is 60.2 Å². The van der Waals surface area contributed by atoms with E-state index in [1.807, 2.05) is 68.4 Å². The lowest BCUT2D eigenvalue weighted by molar-refractivity contribution is -0.142. The number of amides is 2. The summed E-state index contributed by atoms with van der Waals surface area (Å²) in [7, 11) is 0. The van der Waals surface area contributed by atoms with Crippen molar-refractivity contribution >= 4 is 11.8 Å². The van der Waals surface area contributed by atoms with E-state index < -0.39 is 6.04 Å². The molecule has 0 aromatic heterocycles. The minimum Gasteiger partial charge on any atom is -0.484 e. The molecule has 1 N–H and O–H groups in total. The van der Waals surface area contributed by atoms with Crippen molar-refractivity contribution in [2.24, 2.45) is 0 Å². The molecule has 6 heteroatoms. The summed E-state index contributed by atoms with van der Waals surface area (Å²) in [5.41, 5.74) is 2.95. The Labute approximate surface area is 194 Å². The maximum atomic E-state index is 13.4. The van der Waals surface area contributed by atoms with Gasteiger partial charge in [-0.05, 0) is 49.2 Å². The number of carbonyl (C=O) groups is 2. The average Bonchev–Trinajstić information content (AvgIpc) is 2.81. The first-order valence-electron chi connectivity index (χ1n) is 11.0. The van der Waals surface area contributed by atoms with E-state index in [-0.39, 0.29) is 30.8 Å². The van der Waals surface area contributed by atoms with Gasteiger partial charge in [-0.2, -0.15) is 0 Å². The summed E-state index contributed by atoms with van der Waals surface area (Å²) in [5.74, 6) is -0.538. The summed E-state index contributed by atoms with van der Waals surface area (Å²) in [5, 5.41) is 2.86. The number of nitrogens with zero attached hydrogens (tertiary/aromatic N) is 1. The van der Waals surface area contributed by atoms with Gasteiger partial charge >= 0.3 is 0 Å². The summed E-state index contributed by atoms with van der Waals surface area (Å²) in [6, 6.07) is 22.2. The van der Waals surface area contributed by atoms with Crippen LogP contribution >= 0.6 is 0 Å². The molecule has 3 aromatic carbocycles. The molecule has 0 unspecified atom stereocenters. The molecular weight excluding hydrogens is 419 g/mol. The van der Waals surface area contributed by atoms with Crippen molar-refractivity contribution in [2.45, 2.75) is 32.9 Å². The van der Waals surface area contributed by atoms with Crippen LogP contribution in [0.3, 0.4) is 0 Å². The van der Waals surface area contributed by atoms with E-state index in [1.165, 1.54) is 24.3 Å². The second-order valence-corrected chi connectivity index (χ2v) is 7.85. The molecule has 0 aliphatic heterocycles. The highest BCUT2D eigenvalue weighted by atomic mass is 19.1. The molecule has 0 aliphatic carbocycles. The van der Waals surface area contributed by atoms with Crippen molar-refractivity contribution in [3.63, 3.8) is 0 Å². The molecule has 3 aromatic rings. The van der Waals surface area contributed by atoms with Gasteiger partial charge in [0.1, 0.15) is 17.6 Å². The fourth-order valence-corrected chi connectivity index (χ4v) is 3.61. The first kappa shape index (κ1) is 24.0. The Kier molecular flexibility index (Phi) is 8.58. The minimum atomic E-state index is -0.711. The van der Waals surface area contributed by atoms with Crippen molar-refractivity contribution in [2.75, 3.05) is 13.2 Å². The summed E-state index contributed by atoms with van der Waals surface area (Å²) in [6.07, 6.45) is 0.376. The average molecular weight is 449 g/mol. The summed E-state index contributed by atoms with van der Waals surface area (Å²) in [4.78, 5) is 28.0. The van der Waals surface area contributed by atoms with Gasteiger partial charge in [0, 0.05) is 19.5 Å². The smallest absolute Gasteiger partial charge is 0.261 e. The zero-order chi connectivity index (χ0) is 23.6. The topological polar surface area (TPSA) is 58.6 Å². The fraction of sp³-hybridized carbons (Fsp3) is 0.259. The van der Waals surface area contributed by atoms with Crippen LogP contribution in [-0.4, -0.2) is 35.9 Å². The highest BCUT2D eigenvalue weighted by molar-refractivity contribution is 5.88. The number of carbonyl (C=O) groups excluding carboxylic acids is 2. The standard InChI is InChI=1S/C27H29FN2O3/c1-3-29-27(32)25(17-21-9-5-4-6-10-21)30(18-22-11-7-8-20(2)16-22)26(31)19-33-24-14-12-23(28)13-15-24/h4-16,25H,3,17-19H2,1-2H3,(H,29,32)/t25-/m1/s1. The molecule has 2 amide bonds. The number of ether oxygens (including phenoxy) is 1. The predicted molar refractivity (Wildman–Crippen MR) is 126 cm³/mol. The lowest BCUT2D eigenvalue weighted by Gasteiger charge is -2.31. The third kappa shape index (κ3) is 7.17. The molecule has 0 saturated carbocycles. The maximum absolute atomic E-state index is 13.4. The number of benzene rings is 3. The van der Waals surface area contributed by atoms with Gasteiger partial charge in [-0.3, -0.25) is 9.59 Å². The summed E-state index contributed by atoms with van der Waals surface area (Å²) >= 11 is 0. The van der Waals surface area contributed by atoms with Crippen LogP contribution in [0.25, 0.3) is 0 Å². The minimum absolute atomic E-state index is 0.218. The quantitative estimate of drug-likeness (QED) is 0.503. The molecule has 0 fully saturated rings. The van der Waals surface area contributed by atoms with Crippen molar-refractivity contribution in [3.8, 4) is 5.75 Å². The maximum Gasteiger partial charge on any atom is 0.261 e. The second-order valence-electron chi connectivity index (χ2n) is 7.85. The van der Waals surface area contributed by atoms with Crippen molar-refractivity contribution in [1.29, 1.82) is 0 Å². The van der Waals surface area contributed by atoms with E-state index >= 15 is 0 Å². The van der Waals surface area contributed by atoms with Crippen LogP contribution in [0.15, 0.2) is 78.9 Å². The van der Waals surface area contributed by atoms with E-state index in [1.54, 1.807) is 4.90 Å². The van der Waals surface area contributed by atoms with E-state index in [0.29, 0.717) is 18.7 Å². The lowest BCUT2D eigenvalue weighted by atomic mass is 10.0. The zero-order valence-corrected chi connectivity index (χ0v) is 19.0. The number of hydrogen-bond donors (Lipinski definition) is 1. The molecule has 172 valence electrons. The fourth-order valence-electron chi connectivity index (χ4n) is 3.61. The molecule has 3 rings (SSSR count). The van der Waals surface area contributed by atoms with Crippen LogP contribution in [0.1, 0.15) is 23.6 Å². The monoisotopic (exact) mass is 448 g/mol. The third-order valence-electron chi connectivity index (χ3n) is 5.23. The molecule has 0 radical (unpaired) electrons. The number of likely N-dealkylation sites (N-methyl/N-ethyl adjacent to an activating group) is 1. The Morgan fingerprint density at radius 1 is 0.970 bits per heavy atom. The Morgan fingerprint density at radius 3 is 2.33 bits per heavy atom. The summed E-state index contributed by atoms with van der Waals surface area (Å²) < 4.78 is 18.8. The molecule has 0 saturated heterocycles. The third-order valence-corrected chi connectivity index (χ3v) is 5.23. The van der Waals surface area contributed by atoms with Crippen molar-refractivity contribution in [3.05, 3.63) is 101 Å². The van der Waals surface area contributed by atoms with Crippen LogP contribution < -0.4 is 10.1 Å². The van der Waals surface area contributed by atoms with Crippen LogP contribution in [-0.2, 0) is 22.6 Å². The van der Waals surface area contributed by atoms with Gasteiger partial charge in [0.25, 0.3) is 5.91 Å². The van der Waals surface area contributed by atoms with Crippen molar-refractivity contribution in [1.82, 2.24) is 10.2 Å². The number of rotatable bonds is 10. The number of halogens is 1. The molecule has 33 heavy (non-hydrogen) atoms. The number of aryl methyl sites for hydroxylation is 1. The highest BCUT2D eigenvalue weighted by Crippen LogP contribution is 2.17. The Balaban J connectivity index is 1.88. The van der Waals surface area contributed by atoms with E-state index in [9.17, 15) is 14.0 Å². The molecule has 0 heterocycles. The van der Waals surface area contributed by atoms with Gasteiger partial charge in [0.15, 0.2) is 6.61 Å². The zero-order valence-electron chi connectivity index (χ0n) is 19.0. The molecule has 0 aliphatic rings. The van der Waals surface area contributed by atoms with E-state index in [0.717, 1.165) is 16.7 Å². The normalized spacial score (nSPS) is 11.5. The largest absolute Gasteiger partial charge is 0.484 e. The van der Waals surface area contributed by atoms with Crippen LogP contribution in [0.5, 0.6) is 5.75 Å².